The van der Waals surface area contributed by atoms with Gasteiger partial charge in [-0.25, -0.2) is 0 Å². The number of aryl methyl sites for hydroxylation is 1. The summed E-state index contributed by atoms with van der Waals surface area (Å²) in [7, 11) is 0. The summed E-state index contributed by atoms with van der Waals surface area (Å²) in [5, 5.41) is 1.11. The van der Waals surface area contributed by atoms with Gasteiger partial charge >= 0.3 is 0 Å². The van der Waals surface area contributed by atoms with Crippen LogP contribution in [0.25, 0.3) is 0 Å². The van der Waals surface area contributed by atoms with Crippen molar-refractivity contribution in [1.29, 1.82) is 0 Å². The minimum Gasteiger partial charge on any atom is -0.490 e. The number of nitrogens with two attached hydrogens (primary N) is 1. The maximum Gasteiger partial charge on any atom is 0.139 e. The lowest BCUT2D eigenvalue weighted by Gasteiger charge is -2.10. The predicted octanol–water partition coefficient (Wildman–Crippen LogP) is 4.34. The number of benzene rings is 2. The smallest absolute Gasteiger partial charge is 0.139 e. The molecule has 0 unspecified atom stereocenters. The first kappa shape index (κ1) is 14.8. The van der Waals surface area contributed by atoms with Gasteiger partial charge in [0.05, 0.1) is 5.02 Å². The molecule has 0 saturated carbocycles. The highest BCUT2D eigenvalue weighted by Crippen LogP contribution is 2.27. The van der Waals surface area contributed by atoms with E-state index >= 15 is 0 Å². The number of ether oxygens (including phenoxy) is 2. The zero-order chi connectivity index (χ0) is 14.5. The van der Waals surface area contributed by atoms with Crippen molar-refractivity contribution in [3.63, 3.8) is 0 Å². The van der Waals surface area contributed by atoms with Gasteiger partial charge in [0.2, 0.25) is 0 Å². The number of halogens is 2. The molecule has 2 N–H and O–H groups in total. The molecule has 0 aromatic heterocycles. The first-order valence-electron chi connectivity index (χ1n) is 6.13. The molecule has 106 valence electrons. The molecule has 0 bridgehead atoms. The third kappa shape index (κ3) is 3.95. The summed E-state index contributed by atoms with van der Waals surface area (Å²) < 4.78 is 11.1. The van der Waals surface area contributed by atoms with Crippen molar-refractivity contribution in [3.8, 4) is 11.5 Å². The Hall–Kier alpha value is -1.58. The molecule has 5 heteroatoms. The Bertz CT molecular complexity index is 602. The van der Waals surface area contributed by atoms with Crippen molar-refractivity contribution in [1.82, 2.24) is 0 Å². The maximum atomic E-state index is 5.99. The third-order valence-electron chi connectivity index (χ3n) is 2.74. The number of rotatable bonds is 5. The van der Waals surface area contributed by atoms with E-state index in [-0.39, 0.29) is 0 Å². The SMILES string of the molecule is Cc1cc(OCCOc2cc(Cl)ccc2Cl)ccc1N. The molecule has 3 nitrogen and oxygen atoms in total. The van der Waals surface area contributed by atoms with Gasteiger partial charge in [0.1, 0.15) is 24.7 Å². The van der Waals surface area contributed by atoms with Gasteiger partial charge in [-0.1, -0.05) is 23.2 Å². The second-order valence-electron chi connectivity index (χ2n) is 4.29. The number of hydrogen-bond donors (Lipinski definition) is 1. The molecule has 0 aliphatic carbocycles. The van der Waals surface area contributed by atoms with Crippen LogP contribution < -0.4 is 15.2 Å². The van der Waals surface area contributed by atoms with Crippen LogP contribution in [0.5, 0.6) is 11.5 Å². The highest BCUT2D eigenvalue weighted by atomic mass is 35.5. The Morgan fingerprint density at radius 2 is 1.75 bits per heavy atom. The average Bonchev–Trinajstić information content (AvgIpc) is 2.42. The van der Waals surface area contributed by atoms with Gasteiger partial charge in [-0.15, -0.1) is 0 Å². The monoisotopic (exact) mass is 311 g/mol. The van der Waals surface area contributed by atoms with Crippen molar-refractivity contribution in [2.24, 2.45) is 0 Å². The standard InChI is InChI=1S/C15H15Cl2NO2/c1-10-8-12(3-5-14(10)18)19-6-7-20-15-9-11(16)2-4-13(15)17/h2-5,8-9H,6-7,18H2,1H3. The molecule has 0 atom stereocenters. The molecule has 2 rings (SSSR count). The van der Waals surface area contributed by atoms with Crippen molar-refractivity contribution < 1.29 is 9.47 Å². The van der Waals surface area contributed by atoms with Crippen molar-refractivity contribution >= 4 is 28.9 Å². The van der Waals surface area contributed by atoms with E-state index in [1.807, 2.05) is 25.1 Å². The lowest BCUT2D eigenvalue weighted by atomic mass is 10.2. The molecule has 2 aromatic carbocycles. The lowest BCUT2D eigenvalue weighted by Crippen LogP contribution is -2.09. The molecule has 0 fully saturated rings. The summed E-state index contributed by atoms with van der Waals surface area (Å²) in [6.45, 7) is 2.72. The van der Waals surface area contributed by atoms with Crippen LogP contribution in [-0.2, 0) is 0 Å². The van der Waals surface area contributed by atoms with Crippen molar-refractivity contribution in [3.05, 3.63) is 52.0 Å². The van der Waals surface area contributed by atoms with E-state index in [0.29, 0.717) is 29.0 Å². The summed E-state index contributed by atoms with van der Waals surface area (Å²) in [6.07, 6.45) is 0. The van der Waals surface area contributed by atoms with Gasteiger partial charge in [0.15, 0.2) is 0 Å². The highest BCUT2D eigenvalue weighted by molar-refractivity contribution is 6.34. The summed E-state index contributed by atoms with van der Waals surface area (Å²) in [5.41, 5.74) is 7.48. The molecular weight excluding hydrogens is 297 g/mol. The molecule has 0 amide bonds. The van der Waals surface area contributed by atoms with Gasteiger partial charge in [-0.05, 0) is 42.8 Å². The molecule has 2 aromatic rings. The van der Waals surface area contributed by atoms with Gasteiger partial charge in [-0.3, -0.25) is 0 Å². The molecule has 0 heterocycles. The van der Waals surface area contributed by atoms with Gasteiger partial charge in [0, 0.05) is 16.8 Å². The van der Waals surface area contributed by atoms with E-state index in [1.54, 1.807) is 18.2 Å². The first-order valence-corrected chi connectivity index (χ1v) is 6.88. The third-order valence-corrected chi connectivity index (χ3v) is 3.29. The Morgan fingerprint density at radius 1 is 1.00 bits per heavy atom. The summed E-state index contributed by atoms with van der Waals surface area (Å²) in [4.78, 5) is 0. The van der Waals surface area contributed by atoms with Crippen molar-refractivity contribution in [2.45, 2.75) is 6.92 Å². The van der Waals surface area contributed by atoms with Crippen LogP contribution >= 0.6 is 23.2 Å². The van der Waals surface area contributed by atoms with E-state index in [9.17, 15) is 0 Å². The zero-order valence-corrected chi connectivity index (χ0v) is 12.5. The van der Waals surface area contributed by atoms with Crippen molar-refractivity contribution in [2.75, 3.05) is 18.9 Å². The topological polar surface area (TPSA) is 44.5 Å². The predicted molar refractivity (Wildman–Crippen MR) is 83.0 cm³/mol. The second-order valence-corrected chi connectivity index (χ2v) is 5.13. The lowest BCUT2D eigenvalue weighted by molar-refractivity contribution is 0.217. The molecule has 0 aliphatic heterocycles. The molecule has 0 radical (unpaired) electrons. The van der Waals surface area contributed by atoms with Crippen LogP contribution in [0.4, 0.5) is 5.69 Å². The highest BCUT2D eigenvalue weighted by Gasteiger charge is 2.03. The van der Waals surface area contributed by atoms with Crippen LogP contribution in [0.3, 0.4) is 0 Å². The fourth-order valence-corrected chi connectivity index (χ4v) is 1.97. The fraction of sp³-hybridized carbons (Fsp3) is 0.200. The second kappa shape index (κ2) is 6.73. The van der Waals surface area contributed by atoms with E-state index in [0.717, 1.165) is 17.0 Å². The van der Waals surface area contributed by atoms with Crippen LogP contribution in [0.15, 0.2) is 36.4 Å². The quantitative estimate of drug-likeness (QED) is 0.660. The average molecular weight is 312 g/mol. The van der Waals surface area contributed by atoms with Crippen LogP contribution in [0.2, 0.25) is 10.0 Å². The van der Waals surface area contributed by atoms with Crippen LogP contribution in [0.1, 0.15) is 5.56 Å². The number of nitrogen functional groups attached to an aromatic ring is 1. The van der Waals surface area contributed by atoms with E-state index in [2.05, 4.69) is 0 Å². The Labute approximate surface area is 128 Å². The fourth-order valence-electron chi connectivity index (χ4n) is 1.64. The summed E-state index contributed by atoms with van der Waals surface area (Å²) >= 11 is 11.9. The van der Waals surface area contributed by atoms with Gasteiger partial charge in [0.25, 0.3) is 0 Å². The number of anilines is 1. The zero-order valence-electron chi connectivity index (χ0n) is 11.0. The molecule has 0 aliphatic rings. The Balaban J connectivity index is 1.84. The summed E-state index contributed by atoms with van der Waals surface area (Å²) in [5.74, 6) is 1.31. The summed E-state index contributed by atoms with van der Waals surface area (Å²) in [6, 6.07) is 10.6. The molecule has 0 spiro atoms. The number of hydrogen-bond acceptors (Lipinski definition) is 3. The Morgan fingerprint density at radius 3 is 2.50 bits per heavy atom. The maximum absolute atomic E-state index is 5.99. The van der Waals surface area contributed by atoms with Crippen LogP contribution in [-0.4, -0.2) is 13.2 Å². The molecule has 0 saturated heterocycles. The van der Waals surface area contributed by atoms with Gasteiger partial charge < -0.3 is 15.2 Å². The van der Waals surface area contributed by atoms with Gasteiger partial charge in [-0.2, -0.15) is 0 Å². The molecule has 20 heavy (non-hydrogen) atoms. The van der Waals surface area contributed by atoms with E-state index in [4.69, 9.17) is 38.4 Å². The first-order chi connectivity index (χ1) is 9.56. The normalized spacial score (nSPS) is 10.3. The van der Waals surface area contributed by atoms with E-state index < -0.39 is 0 Å². The minimum atomic E-state index is 0.378. The Kier molecular flexibility index (Phi) is 4.99. The molecular formula is C15H15Cl2NO2. The van der Waals surface area contributed by atoms with E-state index in [1.165, 1.54) is 0 Å². The minimum absolute atomic E-state index is 0.378. The van der Waals surface area contributed by atoms with Crippen LogP contribution in [0, 0.1) is 6.92 Å². The largest absolute Gasteiger partial charge is 0.490 e.